The topological polar surface area (TPSA) is 137 Å². The molecule has 11 heteroatoms. The van der Waals surface area contributed by atoms with Gasteiger partial charge in [0, 0.05) is 37.4 Å². The van der Waals surface area contributed by atoms with Gasteiger partial charge in [-0.25, -0.2) is 8.78 Å². The van der Waals surface area contributed by atoms with Crippen LogP contribution in [0.25, 0.3) is 0 Å². The van der Waals surface area contributed by atoms with Crippen LogP contribution >= 0.6 is 0 Å². The van der Waals surface area contributed by atoms with Gasteiger partial charge in [0.05, 0.1) is 12.6 Å². The zero-order chi connectivity index (χ0) is 23.2. The van der Waals surface area contributed by atoms with E-state index in [0.717, 1.165) is 10.5 Å². The van der Waals surface area contributed by atoms with Crippen molar-refractivity contribution >= 4 is 23.6 Å². The van der Waals surface area contributed by atoms with Crippen molar-refractivity contribution in [1.82, 2.24) is 15.1 Å². The summed E-state index contributed by atoms with van der Waals surface area (Å²) in [5, 5.41) is 11.6. The molecule has 2 fully saturated rings. The van der Waals surface area contributed by atoms with Gasteiger partial charge in [-0.05, 0) is 23.6 Å². The van der Waals surface area contributed by atoms with Crippen molar-refractivity contribution in [1.29, 1.82) is 5.26 Å². The number of carbonyl (C=O) groups excluding carboxylic acids is 4. The third-order valence-electron chi connectivity index (χ3n) is 6.23. The van der Waals surface area contributed by atoms with Gasteiger partial charge in [0.15, 0.2) is 0 Å². The summed E-state index contributed by atoms with van der Waals surface area (Å²) in [6, 6.07) is 4.47. The van der Waals surface area contributed by atoms with Crippen LogP contribution < -0.4 is 11.1 Å². The van der Waals surface area contributed by atoms with Crippen molar-refractivity contribution in [3.05, 3.63) is 34.9 Å². The molecule has 32 heavy (non-hydrogen) atoms. The summed E-state index contributed by atoms with van der Waals surface area (Å²) in [6.45, 7) is -0.399. The first-order valence-corrected chi connectivity index (χ1v) is 10.2. The first-order chi connectivity index (χ1) is 15.1. The highest BCUT2D eigenvalue weighted by Crippen LogP contribution is 2.34. The van der Waals surface area contributed by atoms with E-state index in [0.29, 0.717) is 11.1 Å². The van der Waals surface area contributed by atoms with Crippen LogP contribution in [0.1, 0.15) is 40.7 Å². The summed E-state index contributed by atoms with van der Waals surface area (Å²) in [4.78, 5) is 51.8. The monoisotopic (exact) mass is 445 g/mol. The number of likely N-dealkylation sites (tertiary alicyclic amines) is 1. The molecule has 1 unspecified atom stereocenters. The molecule has 2 saturated heterocycles. The Bertz CT molecular complexity index is 1050. The molecule has 0 aromatic heterocycles. The highest BCUT2D eigenvalue weighted by molar-refractivity contribution is 5.96. The van der Waals surface area contributed by atoms with Crippen molar-refractivity contribution in [3.63, 3.8) is 0 Å². The Kier molecular flexibility index (Phi) is 5.32. The maximum absolute atomic E-state index is 13.7. The van der Waals surface area contributed by atoms with Crippen LogP contribution in [0.3, 0.4) is 0 Å². The number of hydrogen-bond acceptors (Lipinski definition) is 5. The van der Waals surface area contributed by atoms with Crippen molar-refractivity contribution < 1.29 is 28.0 Å². The maximum atomic E-state index is 13.7. The molecular formula is C21H21F2N5O4. The van der Waals surface area contributed by atoms with Crippen molar-refractivity contribution in [2.24, 2.45) is 11.7 Å². The van der Waals surface area contributed by atoms with Gasteiger partial charge in [-0.1, -0.05) is 12.1 Å². The molecule has 4 amide bonds. The standard InChI is InChI=1S/C21H21F2N5O4/c22-21(23)6-13(7-24)28(10-21)20(32)16-4-12(19(31)26-16)5-17(29)27-8-11-2-1-3-14(18(25)30)15(11)9-27/h1-3,12-13,16H,4-6,8-10H2,(H2,25,30)(H,26,31)/t12-,13-,16?/m0/s1. The molecule has 9 nitrogen and oxygen atoms in total. The second kappa shape index (κ2) is 7.85. The molecule has 3 aliphatic rings. The summed E-state index contributed by atoms with van der Waals surface area (Å²) < 4.78 is 27.3. The van der Waals surface area contributed by atoms with E-state index in [4.69, 9.17) is 11.0 Å². The van der Waals surface area contributed by atoms with Gasteiger partial charge in [0.1, 0.15) is 12.1 Å². The number of primary amides is 1. The zero-order valence-electron chi connectivity index (χ0n) is 17.0. The zero-order valence-corrected chi connectivity index (χ0v) is 17.0. The highest BCUT2D eigenvalue weighted by atomic mass is 19.3. The SMILES string of the molecule is N#C[C@@H]1CC(F)(F)CN1C(=O)C1C[C@@H](CC(=O)N2Cc3cccc(C(N)=O)c3C2)C(=O)N1. The van der Waals surface area contributed by atoms with Crippen LogP contribution in [-0.2, 0) is 27.5 Å². The van der Waals surface area contributed by atoms with E-state index in [1.54, 1.807) is 24.3 Å². The van der Waals surface area contributed by atoms with E-state index in [1.807, 2.05) is 0 Å². The Labute approximate surface area is 182 Å². The molecule has 0 aliphatic carbocycles. The lowest BCUT2D eigenvalue weighted by atomic mass is 9.99. The lowest BCUT2D eigenvalue weighted by Crippen LogP contribution is -2.46. The molecule has 0 radical (unpaired) electrons. The number of amides is 4. The normalized spacial score (nSPS) is 25.9. The fraction of sp³-hybridized carbons (Fsp3) is 0.476. The minimum atomic E-state index is -3.15. The Morgan fingerprint density at radius 1 is 1.28 bits per heavy atom. The minimum absolute atomic E-state index is 0.0169. The van der Waals surface area contributed by atoms with Crippen molar-refractivity contribution in [2.75, 3.05) is 6.54 Å². The lowest BCUT2D eigenvalue weighted by molar-refractivity contribution is -0.135. The van der Waals surface area contributed by atoms with Gasteiger partial charge in [0.25, 0.3) is 5.92 Å². The predicted molar refractivity (Wildman–Crippen MR) is 105 cm³/mol. The Morgan fingerprint density at radius 2 is 2.03 bits per heavy atom. The van der Waals surface area contributed by atoms with Crippen molar-refractivity contribution in [2.45, 2.75) is 50.4 Å². The predicted octanol–water partition coefficient (Wildman–Crippen LogP) is 0.282. The van der Waals surface area contributed by atoms with E-state index in [2.05, 4.69) is 5.32 Å². The number of nitrogens with zero attached hydrogens (tertiary/aromatic N) is 3. The summed E-state index contributed by atoms with van der Waals surface area (Å²) in [6.07, 6.45) is -0.912. The van der Waals surface area contributed by atoms with Crippen LogP contribution in [0.15, 0.2) is 18.2 Å². The highest BCUT2D eigenvalue weighted by Gasteiger charge is 2.50. The smallest absolute Gasteiger partial charge is 0.268 e. The fourth-order valence-corrected chi connectivity index (χ4v) is 4.61. The van der Waals surface area contributed by atoms with Gasteiger partial charge >= 0.3 is 0 Å². The molecule has 168 valence electrons. The molecule has 1 aromatic rings. The Balaban J connectivity index is 1.39. The molecule has 1 aromatic carbocycles. The van der Waals surface area contributed by atoms with Crippen LogP contribution in [0.4, 0.5) is 8.78 Å². The summed E-state index contributed by atoms with van der Waals surface area (Å²) >= 11 is 0. The van der Waals surface area contributed by atoms with Crippen molar-refractivity contribution in [3.8, 4) is 6.07 Å². The van der Waals surface area contributed by atoms with Gasteiger partial charge in [-0.3, -0.25) is 19.2 Å². The average molecular weight is 445 g/mol. The number of halogens is 2. The van der Waals surface area contributed by atoms with Crippen LogP contribution in [0.2, 0.25) is 0 Å². The third kappa shape index (κ3) is 3.88. The first kappa shape index (κ1) is 21.7. The van der Waals surface area contributed by atoms with Gasteiger partial charge < -0.3 is 20.9 Å². The number of nitrogens with one attached hydrogen (secondary N) is 1. The molecule has 4 rings (SSSR count). The second-order valence-corrected chi connectivity index (χ2v) is 8.43. The molecule has 3 heterocycles. The fourth-order valence-electron chi connectivity index (χ4n) is 4.61. The number of carbonyl (C=O) groups is 4. The van der Waals surface area contributed by atoms with Crippen LogP contribution in [0.5, 0.6) is 0 Å². The summed E-state index contributed by atoms with van der Waals surface area (Å²) in [5.41, 5.74) is 7.21. The average Bonchev–Trinajstić information content (AvgIpc) is 3.41. The molecular weight excluding hydrogens is 424 g/mol. The maximum Gasteiger partial charge on any atom is 0.268 e. The molecule has 0 spiro atoms. The number of nitriles is 1. The largest absolute Gasteiger partial charge is 0.366 e. The van der Waals surface area contributed by atoms with Crippen LogP contribution in [-0.4, -0.2) is 58.0 Å². The van der Waals surface area contributed by atoms with E-state index in [-0.39, 0.29) is 31.8 Å². The molecule has 3 aliphatic heterocycles. The third-order valence-corrected chi connectivity index (χ3v) is 6.23. The quantitative estimate of drug-likeness (QED) is 0.686. The molecule has 0 bridgehead atoms. The number of fused-ring (bicyclic) bond motifs is 1. The first-order valence-electron chi connectivity index (χ1n) is 10.2. The number of rotatable bonds is 4. The van der Waals surface area contributed by atoms with Gasteiger partial charge in [0.2, 0.25) is 23.6 Å². The Morgan fingerprint density at radius 3 is 2.72 bits per heavy atom. The lowest BCUT2D eigenvalue weighted by Gasteiger charge is -2.22. The summed E-state index contributed by atoms with van der Waals surface area (Å²) in [5.74, 6) is -6.10. The van der Waals surface area contributed by atoms with E-state index in [9.17, 15) is 28.0 Å². The second-order valence-electron chi connectivity index (χ2n) is 8.43. The number of hydrogen-bond donors (Lipinski definition) is 2. The van der Waals surface area contributed by atoms with Gasteiger partial charge in [-0.15, -0.1) is 0 Å². The van der Waals surface area contributed by atoms with Crippen LogP contribution in [0, 0.1) is 17.2 Å². The Hall–Kier alpha value is -3.55. The van der Waals surface area contributed by atoms with E-state index < -0.39 is 54.6 Å². The molecule has 3 N–H and O–H groups in total. The van der Waals surface area contributed by atoms with E-state index in [1.165, 1.54) is 4.90 Å². The van der Waals surface area contributed by atoms with E-state index >= 15 is 0 Å². The summed E-state index contributed by atoms with van der Waals surface area (Å²) in [7, 11) is 0. The molecule has 3 atom stereocenters. The van der Waals surface area contributed by atoms with Gasteiger partial charge in [-0.2, -0.15) is 5.26 Å². The number of nitrogens with two attached hydrogens (primary N) is 1. The minimum Gasteiger partial charge on any atom is -0.366 e. The number of alkyl halides is 2. The molecule has 0 saturated carbocycles. The number of benzene rings is 1.